The van der Waals surface area contributed by atoms with Crippen LogP contribution >= 0.6 is 0 Å². The highest BCUT2D eigenvalue weighted by Crippen LogP contribution is 2.31. The lowest BCUT2D eigenvalue weighted by atomic mass is 9.81. The summed E-state index contributed by atoms with van der Waals surface area (Å²) < 4.78 is 27.5. The molecule has 0 amide bonds. The summed E-state index contributed by atoms with van der Waals surface area (Å²) in [6.07, 6.45) is 0.610. The molecule has 17 heavy (non-hydrogen) atoms. The Balaban J connectivity index is 2.47. The van der Waals surface area contributed by atoms with Crippen molar-refractivity contribution in [2.45, 2.75) is 20.3 Å². The zero-order valence-electron chi connectivity index (χ0n) is 9.94. The molecule has 0 bridgehead atoms. The summed E-state index contributed by atoms with van der Waals surface area (Å²) in [7, 11) is 0. The van der Waals surface area contributed by atoms with Crippen molar-refractivity contribution in [2.24, 2.45) is 5.41 Å². The summed E-state index contributed by atoms with van der Waals surface area (Å²) in [5.74, 6) is -1.95. The normalized spacial score (nSPS) is 24.0. The Bertz CT molecular complexity index is 465. The van der Waals surface area contributed by atoms with Crippen molar-refractivity contribution >= 4 is 5.78 Å². The Morgan fingerprint density at radius 3 is 2.71 bits per heavy atom. The van der Waals surface area contributed by atoms with Crippen LogP contribution in [-0.2, 0) is 0 Å². The van der Waals surface area contributed by atoms with Crippen molar-refractivity contribution in [3.63, 3.8) is 0 Å². The maximum Gasteiger partial charge on any atom is 0.175 e. The molecule has 0 saturated carbocycles. The number of hydrogen-bond acceptors (Lipinski definition) is 2. The monoisotopic (exact) mass is 239 g/mol. The number of carbonyl (C=O) groups is 1. The molecule has 2 nitrogen and oxygen atoms in total. The third kappa shape index (κ3) is 1.97. The molecule has 1 aromatic rings. The lowest BCUT2D eigenvalue weighted by molar-refractivity contribution is 0.0830. The van der Waals surface area contributed by atoms with Crippen molar-refractivity contribution < 1.29 is 13.6 Å². The maximum atomic E-state index is 13.9. The number of benzene rings is 1. The average molecular weight is 239 g/mol. The van der Waals surface area contributed by atoms with Gasteiger partial charge in [-0.2, -0.15) is 0 Å². The first-order valence-corrected chi connectivity index (χ1v) is 5.66. The first-order chi connectivity index (χ1) is 7.96. The fourth-order valence-corrected chi connectivity index (χ4v) is 2.18. The van der Waals surface area contributed by atoms with Crippen molar-refractivity contribution in [3.8, 4) is 0 Å². The molecule has 0 aromatic heterocycles. The van der Waals surface area contributed by atoms with Crippen LogP contribution < -0.4 is 5.32 Å². The Morgan fingerprint density at radius 2 is 2.12 bits per heavy atom. The average Bonchev–Trinajstić information content (AvgIpc) is 2.72. The molecule has 1 N–H and O–H groups in total. The highest BCUT2D eigenvalue weighted by Gasteiger charge is 2.39. The third-order valence-electron chi connectivity index (χ3n) is 3.43. The topological polar surface area (TPSA) is 29.1 Å². The number of rotatable bonds is 2. The number of ketones is 1. The van der Waals surface area contributed by atoms with E-state index in [0.717, 1.165) is 6.07 Å². The Morgan fingerprint density at radius 1 is 1.41 bits per heavy atom. The number of Topliss-reactive ketones (excluding diaryl/α,β-unsaturated/α-hetero) is 1. The zero-order valence-corrected chi connectivity index (χ0v) is 9.94. The molecule has 0 radical (unpaired) electrons. The predicted molar refractivity (Wildman–Crippen MR) is 61.0 cm³/mol. The van der Waals surface area contributed by atoms with Crippen LogP contribution in [-0.4, -0.2) is 18.9 Å². The molecule has 0 aliphatic carbocycles. The molecule has 1 saturated heterocycles. The molecule has 4 heteroatoms. The van der Waals surface area contributed by atoms with E-state index < -0.39 is 28.4 Å². The van der Waals surface area contributed by atoms with Crippen LogP contribution in [0.2, 0.25) is 0 Å². The molecule has 0 spiro atoms. The molecule has 1 fully saturated rings. The molecule has 1 aromatic carbocycles. The van der Waals surface area contributed by atoms with Crippen LogP contribution in [0.5, 0.6) is 0 Å². The van der Waals surface area contributed by atoms with Gasteiger partial charge >= 0.3 is 0 Å². The van der Waals surface area contributed by atoms with E-state index in [1.54, 1.807) is 6.92 Å². The summed E-state index contributed by atoms with van der Waals surface area (Å²) in [5, 5.41) is 3.05. The second-order valence-electron chi connectivity index (χ2n) is 4.87. The lowest BCUT2D eigenvalue weighted by Crippen LogP contribution is -2.31. The molecule has 1 aliphatic heterocycles. The summed E-state index contributed by atoms with van der Waals surface area (Å²) in [5.41, 5.74) is -0.796. The van der Waals surface area contributed by atoms with Crippen LogP contribution in [0.15, 0.2) is 12.1 Å². The van der Waals surface area contributed by atoms with E-state index in [0.29, 0.717) is 25.1 Å². The quantitative estimate of drug-likeness (QED) is 0.803. The summed E-state index contributed by atoms with van der Waals surface area (Å²) in [4.78, 5) is 12.2. The molecule has 2 rings (SSSR count). The van der Waals surface area contributed by atoms with Gasteiger partial charge in [0.05, 0.1) is 5.56 Å². The number of halogens is 2. The summed E-state index contributed by atoms with van der Waals surface area (Å²) >= 11 is 0. The smallest absolute Gasteiger partial charge is 0.175 e. The highest BCUT2D eigenvalue weighted by molar-refractivity contribution is 6.01. The standard InChI is InChI=1S/C13H15F2NO/c1-8-3-4-9(14)10(11(8)15)12(17)13(2)5-6-16-7-13/h3-4,16H,5-7H2,1-2H3. The second kappa shape index (κ2) is 4.18. The Hall–Kier alpha value is -1.29. The van der Waals surface area contributed by atoms with Crippen molar-refractivity contribution in [1.82, 2.24) is 5.32 Å². The fraction of sp³-hybridized carbons (Fsp3) is 0.462. The van der Waals surface area contributed by atoms with Gasteiger partial charge in [0.25, 0.3) is 0 Å². The van der Waals surface area contributed by atoms with E-state index in [4.69, 9.17) is 0 Å². The Labute approximate surface area is 99.0 Å². The number of aryl methyl sites for hydroxylation is 1. The van der Waals surface area contributed by atoms with Crippen LogP contribution in [0.1, 0.15) is 29.3 Å². The molecule has 1 unspecified atom stereocenters. The van der Waals surface area contributed by atoms with Gasteiger partial charge in [-0.15, -0.1) is 0 Å². The van der Waals surface area contributed by atoms with Crippen molar-refractivity contribution in [2.75, 3.05) is 13.1 Å². The fourth-order valence-electron chi connectivity index (χ4n) is 2.18. The van der Waals surface area contributed by atoms with Gasteiger partial charge in [-0.25, -0.2) is 8.78 Å². The first kappa shape index (κ1) is 12.2. The minimum atomic E-state index is -0.772. The SMILES string of the molecule is Cc1ccc(F)c(C(=O)C2(C)CCNC2)c1F. The van der Waals surface area contributed by atoms with Gasteiger partial charge in [-0.1, -0.05) is 13.0 Å². The predicted octanol–water partition coefficient (Wildman–Crippen LogP) is 2.46. The number of nitrogens with one attached hydrogen (secondary N) is 1. The second-order valence-corrected chi connectivity index (χ2v) is 4.87. The van der Waals surface area contributed by atoms with Gasteiger partial charge in [0, 0.05) is 12.0 Å². The van der Waals surface area contributed by atoms with Crippen molar-refractivity contribution in [3.05, 3.63) is 34.9 Å². The van der Waals surface area contributed by atoms with E-state index in [9.17, 15) is 13.6 Å². The van der Waals surface area contributed by atoms with E-state index >= 15 is 0 Å². The summed E-state index contributed by atoms with van der Waals surface area (Å²) in [6, 6.07) is 2.49. The van der Waals surface area contributed by atoms with E-state index in [1.165, 1.54) is 13.0 Å². The van der Waals surface area contributed by atoms with E-state index in [2.05, 4.69) is 5.32 Å². The van der Waals surface area contributed by atoms with Gasteiger partial charge in [0.15, 0.2) is 5.78 Å². The van der Waals surface area contributed by atoms with Crippen LogP contribution in [0.4, 0.5) is 8.78 Å². The molecule has 1 aliphatic rings. The van der Waals surface area contributed by atoms with Crippen LogP contribution in [0.3, 0.4) is 0 Å². The van der Waals surface area contributed by atoms with E-state index in [-0.39, 0.29) is 0 Å². The van der Waals surface area contributed by atoms with Gasteiger partial charge < -0.3 is 5.32 Å². The maximum absolute atomic E-state index is 13.9. The molecule has 1 atom stereocenters. The zero-order chi connectivity index (χ0) is 12.6. The number of carbonyl (C=O) groups excluding carboxylic acids is 1. The number of hydrogen-bond donors (Lipinski definition) is 1. The minimum absolute atomic E-state index is 0.296. The molecule has 92 valence electrons. The van der Waals surface area contributed by atoms with Gasteiger partial charge in [-0.3, -0.25) is 4.79 Å². The van der Waals surface area contributed by atoms with Gasteiger partial charge in [0.1, 0.15) is 11.6 Å². The van der Waals surface area contributed by atoms with E-state index in [1.807, 2.05) is 0 Å². The largest absolute Gasteiger partial charge is 0.316 e. The molecule has 1 heterocycles. The lowest BCUT2D eigenvalue weighted by Gasteiger charge is -2.21. The van der Waals surface area contributed by atoms with Crippen LogP contribution in [0.25, 0.3) is 0 Å². The van der Waals surface area contributed by atoms with Gasteiger partial charge in [0.2, 0.25) is 0 Å². The first-order valence-electron chi connectivity index (χ1n) is 5.66. The molecular formula is C13H15F2NO. The molecular weight excluding hydrogens is 224 g/mol. The van der Waals surface area contributed by atoms with Crippen molar-refractivity contribution in [1.29, 1.82) is 0 Å². The van der Waals surface area contributed by atoms with Gasteiger partial charge in [-0.05, 0) is 31.5 Å². The van der Waals surface area contributed by atoms with Crippen LogP contribution in [0, 0.1) is 24.0 Å². The summed E-state index contributed by atoms with van der Waals surface area (Å²) in [6.45, 7) is 4.45. The minimum Gasteiger partial charge on any atom is -0.316 e. The Kier molecular flexibility index (Phi) is 3.00. The third-order valence-corrected chi connectivity index (χ3v) is 3.43. The highest BCUT2D eigenvalue weighted by atomic mass is 19.1.